The molecule has 164 valence electrons. The molecule has 7 nitrogen and oxygen atoms in total. The maximum absolute atomic E-state index is 13.0. The van der Waals surface area contributed by atoms with Crippen LogP contribution >= 0.6 is 0 Å². The number of hydrogen-bond acceptors (Lipinski definition) is 6. The molecule has 1 heterocycles. The van der Waals surface area contributed by atoms with Gasteiger partial charge in [0.05, 0.1) is 12.7 Å². The van der Waals surface area contributed by atoms with E-state index in [2.05, 4.69) is 5.43 Å². The molecule has 2 aromatic carbocycles. The Morgan fingerprint density at radius 2 is 1.48 bits per heavy atom. The van der Waals surface area contributed by atoms with Gasteiger partial charge in [-0.15, -0.1) is 0 Å². The monoisotopic (exact) mass is 424 g/mol. The summed E-state index contributed by atoms with van der Waals surface area (Å²) in [7, 11) is 1.29. The van der Waals surface area contributed by atoms with Crippen LogP contribution in [0.3, 0.4) is 0 Å². The van der Waals surface area contributed by atoms with Crippen molar-refractivity contribution in [1.82, 2.24) is 10.4 Å². The highest BCUT2D eigenvalue weighted by molar-refractivity contribution is 5.95. The molecule has 0 aliphatic carbocycles. The van der Waals surface area contributed by atoms with E-state index in [4.69, 9.17) is 9.47 Å². The number of hydrogen-bond donors (Lipinski definition) is 2. The zero-order valence-electron chi connectivity index (χ0n) is 18.4. The first-order chi connectivity index (χ1) is 14.6. The third kappa shape index (κ3) is 4.01. The topological polar surface area (TPSA) is 88.1 Å². The molecule has 0 bridgehead atoms. The van der Waals surface area contributed by atoms with E-state index in [-0.39, 0.29) is 5.57 Å². The molecule has 0 saturated heterocycles. The smallest absolute Gasteiger partial charge is 0.426 e. The Bertz CT molecular complexity index is 941. The van der Waals surface area contributed by atoms with Crippen LogP contribution in [-0.2, 0) is 19.7 Å². The number of aliphatic hydroxyl groups excluding tert-OH is 1. The van der Waals surface area contributed by atoms with Gasteiger partial charge in [-0.1, -0.05) is 60.7 Å². The highest BCUT2D eigenvalue weighted by atomic mass is 16.6. The Morgan fingerprint density at radius 1 is 1.00 bits per heavy atom. The average Bonchev–Trinajstić information content (AvgIpc) is 2.95. The molecule has 7 heteroatoms. The van der Waals surface area contributed by atoms with Gasteiger partial charge in [0.2, 0.25) is 0 Å². The van der Waals surface area contributed by atoms with Gasteiger partial charge in [0.1, 0.15) is 11.0 Å². The lowest BCUT2D eigenvalue weighted by Crippen LogP contribution is -2.53. The average molecular weight is 424 g/mol. The van der Waals surface area contributed by atoms with Crippen LogP contribution in [0, 0.1) is 0 Å². The highest BCUT2D eigenvalue weighted by Crippen LogP contribution is 2.50. The highest BCUT2D eigenvalue weighted by Gasteiger charge is 2.57. The van der Waals surface area contributed by atoms with E-state index < -0.39 is 29.3 Å². The fourth-order valence-corrected chi connectivity index (χ4v) is 4.02. The molecule has 0 fully saturated rings. The first-order valence-corrected chi connectivity index (χ1v) is 10.0. The summed E-state index contributed by atoms with van der Waals surface area (Å²) in [6.07, 6.45) is -2.08. The van der Waals surface area contributed by atoms with Crippen molar-refractivity contribution in [1.29, 1.82) is 0 Å². The van der Waals surface area contributed by atoms with Crippen LogP contribution in [-0.4, -0.2) is 41.1 Å². The van der Waals surface area contributed by atoms with Gasteiger partial charge in [0.15, 0.2) is 6.23 Å². The molecule has 0 radical (unpaired) electrons. The molecule has 0 spiro atoms. The lowest BCUT2D eigenvalue weighted by Gasteiger charge is -2.38. The van der Waals surface area contributed by atoms with Crippen LogP contribution in [0.25, 0.3) is 0 Å². The molecule has 2 aromatic rings. The number of nitrogens with zero attached hydrogens (tertiary/aromatic N) is 1. The van der Waals surface area contributed by atoms with Gasteiger partial charge in [0, 0.05) is 5.70 Å². The van der Waals surface area contributed by atoms with Gasteiger partial charge in [-0.3, -0.25) is 5.01 Å². The quantitative estimate of drug-likeness (QED) is 0.731. The third-order valence-electron chi connectivity index (χ3n) is 5.21. The Labute approximate surface area is 182 Å². The lowest BCUT2D eigenvalue weighted by molar-refractivity contribution is -0.137. The largest absolute Gasteiger partial charge is 0.466 e. The van der Waals surface area contributed by atoms with E-state index in [1.807, 2.05) is 60.7 Å². The van der Waals surface area contributed by atoms with Crippen LogP contribution < -0.4 is 5.43 Å². The molecule has 1 atom stereocenters. The number of esters is 1. The number of allylic oxidation sites excluding steroid dienone is 1. The number of hydrazine groups is 1. The fraction of sp³-hybridized carbons (Fsp3) is 0.333. The second-order valence-corrected chi connectivity index (χ2v) is 8.35. The molecule has 0 saturated carbocycles. The predicted octanol–water partition coefficient (Wildman–Crippen LogP) is 3.49. The van der Waals surface area contributed by atoms with Crippen LogP contribution in [0.4, 0.5) is 4.79 Å². The van der Waals surface area contributed by atoms with Gasteiger partial charge in [-0.05, 0) is 38.8 Å². The van der Waals surface area contributed by atoms with Crippen molar-refractivity contribution in [2.45, 2.75) is 44.9 Å². The SMILES string of the molecule is COC(=O)C1=C(C)N(NC(=O)OC(C)(C)C)[C@H](O)C1(c1ccccc1)c1ccccc1. The molecule has 2 N–H and O–H groups in total. The van der Waals surface area contributed by atoms with Gasteiger partial charge in [-0.25, -0.2) is 15.0 Å². The Balaban J connectivity index is 2.22. The maximum atomic E-state index is 13.0. The summed E-state index contributed by atoms with van der Waals surface area (Å²) in [5.41, 5.74) is 2.53. The van der Waals surface area contributed by atoms with Crippen LogP contribution in [0.15, 0.2) is 71.9 Å². The van der Waals surface area contributed by atoms with Gasteiger partial charge in [-0.2, -0.15) is 0 Å². The van der Waals surface area contributed by atoms with Crippen molar-refractivity contribution >= 4 is 12.1 Å². The summed E-state index contributed by atoms with van der Waals surface area (Å²) in [4.78, 5) is 25.5. The van der Waals surface area contributed by atoms with E-state index in [0.29, 0.717) is 16.8 Å². The second kappa shape index (κ2) is 8.43. The lowest BCUT2D eigenvalue weighted by atomic mass is 9.69. The van der Waals surface area contributed by atoms with Crippen LogP contribution in [0.5, 0.6) is 0 Å². The number of rotatable bonds is 4. The number of carbonyl (C=O) groups is 2. The van der Waals surface area contributed by atoms with Gasteiger partial charge >= 0.3 is 12.1 Å². The zero-order chi connectivity index (χ0) is 22.8. The predicted molar refractivity (Wildman–Crippen MR) is 116 cm³/mol. The Hall–Kier alpha value is -3.32. The summed E-state index contributed by atoms with van der Waals surface area (Å²) >= 11 is 0. The van der Waals surface area contributed by atoms with E-state index >= 15 is 0 Å². The second-order valence-electron chi connectivity index (χ2n) is 8.35. The number of nitrogens with one attached hydrogen (secondary N) is 1. The van der Waals surface area contributed by atoms with Crippen molar-refractivity contribution in [2.24, 2.45) is 0 Å². The summed E-state index contributed by atoms with van der Waals surface area (Å²) in [5.74, 6) is -0.599. The Morgan fingerprint density at radius 3 is 1.90 bits per heavy atom. The number of carbonyl (C=O) groups excluding carboxylic acids is 2. The molecule has 1 aliphatic rings. The zero-order valence-corrected chi connectivity index (χ0v) is 18.4. The van der Waals surface area contributed by atoms with Crippen molar-refractivity contribution < 1.29 is 24.2 Å². The van der Waals surface area contributed by atoms with E-state index in [1.165, 1.54) is 12.1 Å². The Kier molecular flexibility index (Phi) is 6.08. The van der Waals surface area contributed by atoms with E-state index in [0.717, 1.165) is 0 Å². The van der Waals surface area contributed by atoms with E-state index in [9.17, 15) is 14.7 Å². The summed E-state index contributed by atoms with van der Waals surface area (Å²) in [6, 6.07) is 18.4. The number of aliphatic hydroxyl groups is 1. The molecular formula is C24H28N2O5. The minimum absolute atomic E-state index is 0.232. The number of methoxy groups -OCH3 is 1. The summed E-state index contributed by atoms with van der Waals surface area (Å²) in [5, 5.41) is 12.9. The summed E-state index contributed by atoms with van der Waals surface area (Å²) in [6.45, 7) is 6.88. The van der Waals surface area contributed by atoms with E-state index in [1.54, 1.807) is 27.7 Å². The minimum Gasteiger partial charge on any atom is -0.466 e. The molecule has 1 aliphatic heterocycles. The first kappa shape index (κ1) is 22.4. The molecule has 0 unspecified atom stereocenters. The fourth-order valence-electron chi connectivity index (χ4n) is 4.02. The standard InChI is InChI=1S/C24H28N2O5/c1-16-19(20(27)30-5)24(17-12-8-6-9-13-17,18-14-10-7-11-15-18)21(28)26(16)25-22(29)31-23(2,3)4/h6-15,21,28H,1-5H3,(H,25,29)/t21-/m1/s1. The molecule has 3 rings (SSSR count). The summed E-state index contributed by atoms with van der Waals surface area (Å²) < 4.78 is 10.5. The first-order valence-electron chi connectivity index (χ1n) is 10.0. The molecule has 31 heavy (non-hydrogen) atoms. The van der Waals surface area contributed by atoms with Crippen molar-refractivity contribution in [2.75, 3.05) is 7.11 Å². The normalized spacial score (nSPS) is 18.0. The van der Waals surface area contributed by atoms with Crippen LogP contribution in [0.2, 0.25) is 0 Å². The van der Waals surface area contributed by atoms with Crippen molar-refractivity contribution in [3.05, 3.63) is 83.1 Å². The minimum atomic E-state index is -1.33. The van der Waals surface area contributed by atoms with Crippen molar-refractivity contribution in [3.8, 4) is 0 Å². The van der Waals surface area contributed by atoms with Crippen LogP contribution in [0.1, 0.15) is 38.8 Å². The molecular weight excluding hydrogens is 396 g/mol. The maximum Gasteiger partial charge on any atom is 0.426 e. The third-order valence-corrected chi connectivity index (χ3v) is 5.21. The van der Waals surface area contributed by atoms with Gasteiger partial charge in [0.25, 0.3) is 0 Å². The number of amides is 1. The van der Waals surface area contributed by atoms with Gasteiger partial charge < -0.3 is 14.6 Å². The molecule has 0 aromatic heterocycles. The number of benzene rings is 2. The molecule has 1 amide bonds. The number of ether oxygens (including phenoxy) is 2. The van der Waals surface area contributed by atoms with Crippen molar-refractivity contribution in [3.63, 3.8) is 0 Å².